The third-order valence-corrected chi connectivity index (χ3v) is 2.78. The molecule has 0 heterocycles. The smallest absolute Gasteiger partial charge is 0.0161 e. The van der Waals surface area contributed by atoms with E-state index in [9.17, 15) is 0 Å². The molecule has 0 aliphatic heterocycles. The third kappa shape index (κ3) is 2.46. The van der Waals surface area contributed by atoms with Crippen LogP contribution in [0.4, 0.5) is 0 Å². The van der Waals surface area contributed by atoms with Gasteiger partial charge in [-0.1, -0.05) is 0 Å². The number of hydrogen-bond donors (Lipinski definition) is 2. The summed E-state index contributed by atoms with van der Waals surface area (Å²) in [6.07, 6.45) is 4.10. The van der Waals surface area contributed by atoms with Crippen LogP contribution in [0.1, 0.15) is 33.1 Å². The van der Waals surface area contributed by atoms with E-state index in [1.165, 1.54) is 19.3 Å². The largest absolute Gasteiger partial charge is 0.316 e. The zero-order chi connectivity index (χ0) is 8.32. The molecule has 1 rings (SSSR count). The maximum Gasteiger partial charge on any atom is 0.0161 e. The van der Waals surface area contributed by atoms with Crippen molar-refractivity contribution in [2.75, 3.05) is 13.6 Å². The Morgan fingerprint density at radius 2 is 2.09 bits per heavy atom. The lowest BCUT2D eigenvalue weighted by molar-refractivity contribution is 0.204. The Hall–Kier alpha value is -0.0800. The normalized spacial score (nSPS) is 24.3. The van der Waals surface area contributed by atoms with Gasteiger partial charge >= 0.3 is 0 Å². The molecule has 2 nitrogen and oxygen atoms in total. The van der Waals surface area contributed by atoms with Crippen molar-refractivity contribution in [3.8, 4) is 0 Å². The first-order chi connectivity index (χ1) is 5.16. The first-order valence-electron chi connectivity index (χ1n) is 4.58. The van der Waals surface area contributed by atoms with Gasteiger partial charge < -0.3 is 10.6 Å². The summed E-state index contributed by atoms with van der Waals surface area (Å²) in [4.78, 5) is 0. The van der Waals surface area contributed by atoms with Crippen molar-refractivity contribution < 1.29 is 0 Å². The molecule has 11 heavy (non-hydrogen) atoms. The van der Waals surface area contributed by atoms with Crippen LogP contribution >= 0.6 is 0 Å². The van der Waals surface area contributed by atoms with E-state index in [4.69, 9.17) is 0 Å². The van der Waals surface area contributed by atoms with Crippen LogP contribution in [0.3, 0.4) is 0 Å². The fourth-order valence-electron chi connectivity index (χ4n) is 1.39. The molecule has 1 aliphatic rings. The van der Waals surface area contributed by atoms with Gasteiger partial charge in [0.2, 0.25) is 0 Å². The van der Waals surface area contributed by atoms with Gasteiger partial charge in [-0.05, 0) is 40.2 Å². The predicted octanol–water partition coefficient (Wildman–Crippen LogP) is 1.13. The first-order valence-corrected chi connectivity index (χ1v) is 4.58. The number of hydrogen-bond acceptors (Lipinski definition) is 2. The highest BCUT2D eigenvalue weighted by molar-refractivity contribution is 4.91. The summed E-state index contributed by atoms with van der Waals surface area (Å²) in [5.41, 5.74) is 0.463. The van der Waals surface area contributed by atoms with E-state index in [0.29, 0.717) is 11.6 Å². The summed E-state index contributed by atoms with van der Waals surface area (Å²) in [5, 5.41) is 6.81. The maximum atomic E-state index is 3.58. The summed E-state index contributed by atoms with van der Waals surface area (Å²) >= 11 is 0. The van der Waals surface area contributed by atoms with E-state index in [0.717, 1.165) is 6.54 Å². The van der Waals surface area contributed by atoms with Crippen molar-refractivity contribution in [1.29, 1.82) is 0 Å². The monoisotopic (exact) mass is 156 g/mol. The lowest BCUT2D eigenvalue weighted by atomic mass is 9.78. The van der Waals surface area contributed by atoms with E-state index < -0.39 is 0 Å². The molecule has 0 saturated heterocycles. The number of nitrogens with one attached hydrogen (secondary N) is 2. The Bertz CT molecular complexity index is 119. The summed E-state index contributed by atoms with van der Waals surface area (Å²) in [6, 6.07) is 0.590. The van der Waals surface area contributed by atoms with Gasteiger partial charge in [0.05, 0.1) is 0 Å². The highest BCUT2D eigenvalue weighted by Gasteiger charge is 2.30. The van der Waals surface area contributed by atoms with Gasteiger partial charge in [-0.15, -0.1) is 0 Å². The molecule has 1 saturated carbocycles. The molecule has 0 amide bonds. The highest BCUT2D eigenvalue weighted by Crippen LogP contribution is 2.30. The minimum atomic E-state index is 0.463. The van der Waals surface area contributed by atoms with E-state index in [-0.39, 0.29) is 0 Å². The lowest BCUT2D eigenvalue weighted by Crippen LogP contribution is -2.51. The van der Waals surface area contributed by atoms with Gasteiger partial charge in [0.25, 0.3) is 0 Å². The summed E-state index contributed by atoms with van der Waals surface area (Å²) in [5.74, 6) is 0. The van der Waals surface area contributed by atoms with Crippen LogP contribution in [0.25, 0.3) is 0 Å². The van der Waals surface area contributed by atoms with Gasteiger partial charge in [0, 0.05) is 18.1 Å². The Labute approximate surface area is 69.8 Å². The lowest BCUT2D eigenvalue weighted by Gasteiger charge is -2.40. The first kappa shape index (κ1) is 9.01. The minimum Gasteiger partial charge on any atom is -0.316 e. The molecule has 66 valence electrons. The third-order valence-electron chi connectivity index (χ3n) is 2.78. The van der Waals surface area contributed by atoms with Crippen molar-refractivity contribution in [3.05, 3.63) is 0 Å². The molecule has 1 unspecified atom stereocenters. The van der Waals surface area contributed by atoms with Crippen LogP contribution in [0.2, 0.25) is 0 Å². The van der Waals surface area contributed by atoms with Crippen LogP contribution < -0.4 is 10.6 Å². The van der Waals surface area contributed by atoms with E-state index in [2.05, 4.69) is 24.5 Å². The quantitative estimate of drug-likeness (QED) is 0.637. The van der Waals surface area contributed by atoms with Gasteiger partial charge in [-0.3, -0.25) is 0 Å². The van der Waals surface area contributed by atoms with Crippen molar-refractivity contribution >= 4 is 0 Å². The summed E-state index contributed by atoms with van der Waals surface area (Å²) in [6.45, 7) is 5.61. The molecule has 0 spiro atoms. The fourth-order valence-corrected chi connectivity index (χ4v) is 1.39. The SMILES string of the molecule is CNC(C)CNC1(C)CCC1. The molecule has 1 aliphatic carbocycles. The molecule has 2 heteroatoms. The average Bonchev–Trinajstić information content (AvgIpc) is 1.96. The highest BCUT2D eigenvalue weighted by atomic mass is 15.0. The Balaban J connectivity index is 2.11. The molecule has 0 aromatic rings. The number of rotatable bonds is 4. The van der Waals surface area contributed by atoms with Gasteiger partial charge in [0.1, 0.15) is 0 Å². The van der Waals surface area contributed by atoms with Crippen LogP contribution in [-0.2, 0) is 0 Å². The number of likely N-dealkylation sites (N-methyl/N-ethyl adjacent to an activating group) is 1. The van der Waals surface area contributed by atoms with Gasteiger partial charge in [-0.25, -0.2) is 0 Å². The topological polar surface area (TPSA) is 24.1 Å². The standard InChI is InChI=1S/C9H20N2/c1-8(10-3)7-11-9(2)5-4-6-9/h8,10-11H,4-7H2,1-3H3. The molecule has 0 aromatic heterocycles. The molecular formula is C9H20N2. The molecule has 0 bridgehead atoms. The molecular weight excluding hydrogens is 136 g/mol. The second-order valence-electron chi connectivity index (χ2n) is 3.98. The maximum absolute atomic E-state index is 3.58. The van der Waals surface area contributed by atoms with Crippen molar-refractivity contribution in [1.82, 2.24) is 10.6 Å². The average molecular weight is 156 g/mol. The van der Waals surface area contributed by atoms with Crippen LogP contribution in [0.5, 0.6) is 0 Å². The second-order valence-corrected chi connectivity index (χ2v) is 3.98. The second kappa shape index (κ2) is 3.55. The van der Waals surface area contributed by atoms with Gasteiger partial charge in [0.15, 0.2) is 0 Å². The van der Waals surface area contributed by atoms with E-state index in [1.807, 2.05) is 7.05 Å². The van der Waals surface area contributed by atoms with E-state index in [1.54, 1.807) is 0 Å². The van der Waals surface area contributed by atoms with Crippen molar-refractivity contribution in [3.63, 3.8) is 0 Å². The van der Waals surface area contributed by atoms with Crippen LogP contribution in [0, 0.1) is 0 Å². The summed E-state index contributed by atoms with van der Waals surface area (Å²) < 4.78 is 0. The minimum absolute atomic E-state index is 0.463. The molecule has 2 N–H and O–H groups in total. The fraction of sp³-hybridized carbons (Fsp3) is 1.00. The molecule has 0 aromatic carbocycles. The Kier molecular flexibility index (Phi) is 2.90. The Morgan fingerprint density at radius 1 is 1.45 bits per heavy atom. The Morgan fingerprint density at radius 3 is 2.45 bits per heavy atom. The van der Waals surface area contributed by atoms with Crippen molar-refractivity contribution in [2.24, 2.45) is 0 Å². The van der Waals surface area contributed by atoms with Crippen LogP contribution in [0.15, 0.2) is 0 Å². The zero-order valence-electron chi connectivity index (χ0n) is 7.91. The predicted molar refractivity (Wildman–Crippen MR) is 48.8 cm³/mol. The van der Waals surface area contributed by atoms with Crippen molar-refractivity contribution in [2.45, 2.75) is 44.7 Å². The summed E-state index contributed by atoms with van der Waals surface area (Å²) in [7, 11) is 2.01. The van der Waals surface area contributed by atoms with Crippen LogP contribution in [-0.4, -0.2) is 25.2 Å². The van der Waals surface area contributed by atoms with E-state index >= 15 is 0 Å². The molecule has 1 atom stereocenters. The zero-order valence-corrected chi connectivity index (χ0v) is 7.91. The molecule has 0 radical (unpaired) electrons. The molecule has 1 fully saturated rings. The van der Waals surface area contributed by atoms with Gasteiger partial charge in [-0.2, -0.15) is 0 Å².